The molecule has 0 fully saturated rings. The molecular weight excluding hydrogens is 210 g/mol. The first-order valence-corrected chi connectivity index (χ1v) is 6.15. The Labute approximate surface area is 92.9 Å². The molecule has 2 aliphatic heterocycles. The number of nitrogens with two attached hydrogens (primary N) is 1. The summed E-state index contributed by atoms with van der Waals surface area (Å²) in [7, 11) is 0. The fraction of sp³-hybridized carbons (Fsp3) is 0.455. The van der Waals surface area contributed by atoms with Gasteiger partial charge in [0.2, 0.25) is 0 Å². The smallest absolute Gasteiger partial charge is 0.162 e. The summed E-state index contributed by atoms with van der Waals surface area (Å²) in [4.78, 5) is 1.25. The molecule has 0 saturated heterocycles. The Bertz CT molecular complexity index is 394. The molecule has 15 heavy (non-hydrogen) atoms. The fourth-order valence-electron chi connectivity index (χ4n) is 1.95. The van der Waals surface area contributed by atoms with Crippen LogP contribution in [0.3, 0.4) is 0 Å². The lowest BCUT2D eigenvalue weighted by Gasteiger charge is -2.26. The van der Waals surface area contributed by atoms with E-state index in [1.54, 1.807) is 0 Å². The molecule has 1 aromatic carbocycles. The maximum atomic E-state index is 6.07. The van der Waals surface area contributed by atoms with Crippen molar-refractivity contribution in [2.24, 2.45) is 5.73 Å². The van der Waals surface area contributed by atoms with E-state index in [-0.39, 0.29) is 6.04 Å². The second-order valence-corrected chi connectivity index (χ2v) is 4.91. The van der Waals surface area contributed by atoms with Crippen LogP contribution >= 0.6 is 11.8 Å². The molecule has 3 rings (SSSR count). The van der Waals surface area contributed by atoms with Crippen LogP contribution in [0.25, 0.3) is 0 Å². The minimum Gasteiger partial charge on any atom is -0.486 e. The average molecular weight is 223 g/mol. The zero-order valence-electron chi connectivity index (χ0n) is 8.36. The van der Waals surface area contributed by atoms with Gasteiger partial charge in [-0.1, -0.05) is 0 Å². The van der Waals surface area contributed by atoms with Gasteiger partial charge >= 0.3 is 0 Å². The van der Waals surface area contributed by atoms with E-state index in [0.29, 0.717) is 13.2 Å². The third kappa shape index (κ3) is 1.58. The van der Waals surface area contributed by atoms with Crippen molar-refractivity contribution in [2.45, 2.75) is 17.4 Å². The van der Waals surface area contributed by atoms with Gasteiger partial charge in [-0.3, -0.25) is 0 Å². The van der Waals surface area contributed by atoms with E-state index in [4.69, 9.17) is 15.2 Å². The second-order valence-electron chi connectivity index (χ2n) is 3.78. The Hall–Kier alpha value is -0.870. The zero-order valence-corrected chi connectivity index (χ0v) is 9.18. The maximum Gasteiger partial charge on any atom is 0.162 e. The van der Waals surface area contributed by atoms with Gasteiger partial charge in [0.1, 0.15) is 13.2 Å². The number of ether oxygens (including phenoxy) is 2. The molecule has 2 aliphatic rings. The molecule has 1 aromatic rings. The molecule has 1 unspecified atom stereocenters. The number of hydrogen-bond acceptors (Lipinski definition) is 4. The van der Waals surface area contributed by atoms with Crippen LogP contribution in [-0.2, 0) is 0 Å². The van der Waals surface area contributed by atoms with Gasteiger partial charge in [-0.25, -0.2) is 0 Å². The number of hydrogen-bond donors (Lipinski definition) is 1. The zero-order chi connectivity index (χ0) is 10.3. The third-order valence-corrected chi connectivity index (χ3v) is 3.86. The van der Waals surface area contributed by atoms with E-state index in [9.17, 15) is 0 Å². The molecule has 1 atom stereocenters. The summed E-state index contributed by atoms with van der Waals surface area (Å²) in [5.41, 5.74) is 7.27. The molecular formula is C11H13NO2S. The molecule has 0 aliphatic carbocycles. The van der Waals surface area contributed by atoms with Crippen LogP contribution in [0.15, 0.2) is 17.0 Å². The van der Waals surface area contributed by atoms with Gasteiger partial charge in [0.05, 0.1) is 0 Å². The predicted molar refractivity (Wildman–Crippen MR) is 59.7 cm³/mol. The van der Waals surface area contributed by atoms with Gasteiger partial charge < -0.3 is 15.2 Å². The summed E-state index contributed by atoms with van der Waals surface area (Å²) in [6.07, 6.45) is 1.04. The Balaban J connectivity index is 2.08. The van der Waals surface area contributed by atoms with Crippen LogP contribution in [-0.4, -0.2) is 19.0 Å². The van der Waals surface area contributed by atoms with E-state index in [1.807, 2.05) is 17.8 Å². The summed E-state index contributed by atoms with van der Waals surface area (Å²) in [5.74, 6) is 2.80. The highest BCUT2D eigenvalue weighted by atomic mass is 32.2. The molecule has 3 nitrogen and oxygen atoms in total. The number of rotatable bonds is 0. The van der Waals surface area contributed by atoms with Crippen LogP contribution < -0.4 is 15.2 Å². The molecule has 0 saturated carbocycles. The average Bonchev–Trinajstić information content (AvgIpc) is 2.27. The van der Waals surface area contributed by atoms with E-state index in [1.165, 1.54) is 10.5 Å². The highest BCUT2D eigenvalue weighted by Gasteiger charge is 2.22. The lowest BCUT2D eigenvalue weighted by atomic mass is 10.0. The molecule has 0 radical (unpaired) electrons. The van der Waals surface area contributed by atoms with Crippen LogP contribution in [0.2, 0.25) is 0 Å². The van der Waals surface area contributed by atoms with Crippen LogP contribution in [0.1, 0.15) is 18.0 Å². The normalized spacial score (nSPS) is 23.4. The van der Waals surface area contributed by atoms with Gasteiger partial charge in [0.15, 0.2) is 11.5 Å². The first-order valence-electron chi connectivity index (χ1n) is 5.16. The molecule has 0 amide bonds. The van der Waals surface area contributed by atoms with Crippen molar-refractivity contribution in [3.8, 4) is 11.5 Å². The molecule has 0 spiro atoms. The van der Waals surface area contributed by atoms with E-state index in [2.05, 4.69) is 6.07 Å². The van der Waals surface area contributed by atoms with E-state index >= 15 is 0 Å². The third-order valence-electron chi connectivity index (χ3n) is 2.76. The molecule has 0 bridgehead atoms. The first kappa shape index (κ1) is 9.36. The first-order chi connectivity index (χ1) is 7.34. The van der Waals surface area contributed by atoms with Gasteiger partial charge in [0.25, 0.3) is 0 Å². The van der Waals surface area contributed by atoms with Crippen molar-refractivity contribution in [2.75, 3.05) is 19.0 Å². The second kappa shape index (κ2) is 3.61. The largest absolute Gasteiger partial charge is 0.486 e. The number of thioether (sulfide) groups is 1. The van der Waals surface area contributed by atoms with Gasteiger partial charge in [-0.05, 0) is 29.9 Å². The van der Waals surface area contributed by atoms with Crippen molar-refractivity contribution >= 4 is 11.8 Å². The van der Waals surface area contributed by atoms with E-state index < -0.39 is 0 Å². The highest BCUT2D eigenvalue weighted by molar-refractivity contribution is 7.99. The lowest BCUT2D eigenvalue weighted by molar-refractivity contribution is 0.170. The molecule has 2 heterocycles. The summed E-state index contributed by atoms with van der Waals surface area (Å²) in [6, 6.07) is 4.26. The van der Waals surface area contributed by atoms with Gasteiger partial charge in [-0.2, -0.15) is 0 Å². The molecule has 4 heteroatoms. The topological polar surface area (TPSA) is 44.5 Å². The predicted octanol–water partition coefficient (Wildman–Crippen LogP) is 1.95. The molecule has 0 aromatic heterocycles. The number of benzene rings is 1. The van der Waals surface area contributed by atoms with Crippen molar-refractivity contribution in [3.05, 3.63) is 17.7 Å². The van der Waals surface area contributed by atoms with E-state index in [0.717, 1.165) is 23.7 Å². The summed E-state index contributed by atoms with van der Waals surface area (Å²) >= 11 is 1.85. The SMILES string of the molecule is NC1CCSc2cc3c(cc21)OCCO3. The monoisotopic (exact) mass is 223 g/mol. The maximum absolute atomic E-state index is 6.07. The fourth-order valence-corrected chi connectivity index (χ4v) is 3.11. The standard InChI is InChI=1S/C11H13NO2S/c12-8-1-4-15-11-6-10-9(5-7(8)11)13-2-3-14-10/h5-6,8H,1-4,12H2. The van der Waals surface area contributed by atoms with Crippen molar-refractivity contribution in [1.82, 2.24) is 0 Å². The van der Waals surface area contributed by atoms with Crippen molar-refractivity contribution < 1.29 is 9.47 Å². The molecule has 80 valence electrons. The van der Waals surface area contributed by atoms with Gasteiger partial charge in [0, 0.05) is 10.9 Å². The quantitative estimate of drug-likeness (QED) is 0.730. The Kier molecular flexibility index (Phi) is 2.25. The Morgan fingerprint density at radius 3 is 2.73 bits per heavy atom. The van der Waals surface area contributed by atoms with Crippen molar-refractivity contribution in [3.63, 3.8) is 0 Å². The Morgan fingerprint density at radius 1 is 1.20 bits per heavy atom. The minimum absolute atomic E-state index is 0.150. The highest BCUT2D eigenvalue weighted by Crippen LogP contribution is 2.42. The van der Waals surface area contributed by atoms with Crippen LogP contribution in [0.4, 0.5) is 0 Å². The van der Waals surface area contributed by atoms with Crippen LogP contribution in [0.5, 0.6) is 11.5 Å². The minimum atomic E-state index is 0.150. The Morgan fingerprint density at radius 2 is 1.93 bits per heavy atom. The van der Waals surface area contributed by atoms with Crippen LogP contribution in [0, 0.1) is 0 Å². The van der Waals surface area contributed by atoms with Crippen molar-refractivity contribution in [1.29, 1.82) is 0 Å². The molecule has 2 N–H and O–H groups in total. The lowest BCUT2D eigenvalue weighted by Crippen LogP contribution is -2.19. The summed E-state index contributed by atoms with van der Waals surface area (Å²) in [6.45, 7) is 1.27. The van der Waals surface area contributed by atoms with Gasteiger partial charge in [-0.15, -0.1) is 11.8 Å². The summed E-state index contributed by atoms with van der Waals surface area (Å²) < 4.78 is 11.1. The summed E-state index contributed by atoms with van der Waals surface area (Å²) in [5, 5.41) is 0. The number of fused-ring (bicyclic) bond motifs is 2.